The van der Waals surface area contributed by atoms with Gasteiger partial charge in [-0.3, -0.25) is 19.2 Å². The molecule has 6 unspecified atom stereocenters. The fourth-order valence-electron chi connectivity index (χ4n) is 7.80. The first-order valence-corrected chi connectivity index (χ1v) is 11.9. The molecule has 1 aromatic rings. The molecule has 0 spiro atoms. The Balaban J connectivity index is 1.45. The van der Waals surface area contributed by atoms with Gasteiger partial charge in [0.1, 0.15) is 23.0 Å². The molecule has 5 rings (SSSR count). The van der Waals surface area contributed by atoms with Crippen LogP contribution in [0.1, 0.15) is 88.2 Å². The molecule has 1 aromatic heterocycles. The summed E-state index contributed by atoms with van der Waals surface area (Å²) in [5, 5.41) is 0. The summed E-state index contributed by atoms with van der Waals surface area (Å²) in [6, 6.07) is 4.85. The van der Waals surface area contributed by atoms with Crippen molar-refractivity contribution in [2.75, 3.05) is 0 Å². The summed E-state index contributed by atoms with van der Waals surface area (Å²) >= 11 is 0. The maximum absolute atomic E-state index is 13.5. The van der Waals surface area contributed by atoms with Gasteiger partial charge in [0.2, 0.25) is 0 Å². The van der Waals surface area contributed by atoms with Crippen LogP contribution in [0.4, 0.5) is 0 Å². The minimum absolute atomic E-state index is 0.00144. The summed E-state index contributed by atoms with van der Waals surface area (Å²) in [4.78, 5) is 57.8. The van der Waals surface area contributed by atoms with E-state index in [4.69, 9.17) is 0 Å². The molecule has 0 N–H and O–H groups in total. The number of rotatable bonds is 4. The zero-order chi connectivity index (χ0) is 23.4. The molecule has 4 aliphatic rings. The average molecular weight is 436 g/mol. The zero-order valence-corrected chi connectivity index (χ0v) is 20.0. The quantitative estimate of drug-likeness (QED) is 0.504. The van der Waals surface area contributed by atoms with Crippen molar-refractivity contribution in [3.8, 4) is 0 Å². The summed E-state index contributed by atoms with van der Waals surface area (Å²) in [6.45, 7) is 12.3. The summed E-state index contributed by atoms with van der Waals surface area (Å²) in [7, 11) is 0. The summed E-state index contributed by atoms with van der Waals surface area (Å²) in [5.74, 6) is -1.91. The number of fused-ring (bicyclic) bond motifs is 4. The van der Waals surface area contributed by atoms with Crippen LogP contribution in [-0.4, -0.2) is 28.1 Å². The van der Waals surface area contributed by atoms with Gasteiger partial charge in [-0.2, -0.15) is 0 Å². The first kappa shape index (κ1) is 21.7. The van der Waals surface area contributed by atoms with E-state index in [1.807, 2.05) is 13.8 Å². The van der Waals surface area contributed by atoms with Gasteiger partial charge in [0, 0.05) is 10.8 Å². The van der Waals surface area contributed by atoms with Gasteiger partial charge < -0.3 is 0 Å². The number of hydrogen-bond acceptors (Lipinski definition) is 5. The van der Waals surface area contributed by atoms with E-state index in [-0.39, 0.29) is 57.2 Å². The number of Topliss-reactive ketones (excluding diaryl/α,β-unsaturated/α-hetero) is 4. The van der Waals surface area contributed by atoms with Crippen molar-refractivity contribution in [1.82, 2.24) is 4.98 Å². The van der Waals surface area contributed by atoms with Crippen LogP contribution in [0, 0.1) is 45.3 Å². The van der Waals surface area contributed by atoms with Crippen LogP contribution >= 0.6 is 0 Å². The smallest absolute Gasteiger partial charge is 0.191 e. The highest BCUT2D eigenvalue weighted by Crippen LogP contribution is 2.67. The first-order chi connectivity index (χ1) is 14.8. The maximum Gasteiger partial charge on any atom is 0.191 e. The number of carbonyl (C=O) groups excluding carboxylic acids is 4. The van der Waals surface area contributed by atoms with Crippen LogP contribution in [0.3, 0.4) is 0 Å². The number of nitrogens with zero attached hydrogens (tertiary/aromatic N) is 1. The van der Waals surface area contributed by atoms with Crippen LogP contribution < -0.4 is 0 Å². The van der Waals surface area contributed by atoms with Gasteiger partial charge in [-0.25, -0.2) is 4.98 Å². The summed E-state index contributed by atoms with van der Waals surface area (Å²) < 4.78 is 0. The van der Waals surface area contributed by atoms with Crippen molar-refractivity contribution in [2.45, 2.75) is 67.2 Å². The highest BCUT2D eigenvalue weighted by atomic mass is 16.2. The molecule has 0 aromatic carbocycles. The highest BCUT2D eigenvalue weighted by Gasteiger charge is 2.69. The van der Waals surface area contributed by atoms with Crippen LogP contribution in [0.25, 0.3) is 0 Å². The topological polar surface area (TPSA) is 81.2 Å². The lowest BCUT2D eigenvalue weighted by molar-refractivity contribution is -0.131. The first-order valence-electron chi connectivity index (χ1n) is 11.9. The molecule has 4 saturated carbocycles. The number of hydrogen-bond donors (Lipinski definition) is 0. The van der Waals surface area contributed by atoms with Gasteiger partial charge in [-0.15, -0.1) is 0 Å². The third-order valence-electron chi connectivity index (χ3n) is 10.9. The largest absolute Gasteiger partial charge is 0.298 e. The Morgan fingerprint density at radius 3 is 1.44 bits per heavy atom. The van der Waals surface area contributed by atoms with Crippen molar-refractivity contribution in [3.05, 3.63) is 29.6 Å². The van der Waals surface area contributed by atoms with Gasteiger partial charge in [0.15, 0.2) is 11.6 Å². The zero-order valence-electron chi connectivity index (χ0n) is 20.0. The SMILES string of the molecule is CC12CCC(C(C(=O)c3cccc(C(=O)C4C(=O)C5(C)CCC4C5(C)C)n3)C1=O)C2(C)C. The molecule has 1 heterocycles. The lowest BCUT2D eigenvalue weighted by Gasteiger charge is -2.32. The van der Waals surface area contributed by atoms with E-state index in [0.717, 1.165) is 25.7 Å². The van der Waals surface area contributed by atoms with Crippen molar-refractivity contribution < 1.29 is 19.2 Å². The predicted octanol–water partition coefficient (Wildman–Crippen LogP) is 4.73. The molecule has 0 amide bonds. The standard InChI is InChI=1S/C27H33NO4/c1-24(2)14-10-12-26(24,5)22(31)18(14)20(29)16-8-7-9-17(28-16)21(30)19-15-11-13-27(6,23(19)32)25(15,3)4/h7-9,14-15,18-19H,10-13H2,1-6H3. The third-order valence-corrected chi connectivity index (χ3v) is 10.9. The van der Waals surface area contributed by atoms with Gasteiger partial charge in [0.05, 0.1) is 11.8 Å². The Morgan fingerprint density at radius 1 is 0.750 bits per heavy atom. The second-order valence-corrected chi connectivity index (χ2v) is 12.2. The second kappa shape index (κ2) is 6.24. The number of pyridine rings is 1. The normalized spacial score (nSPS) is 40.8. The molecule has 5 nitrogen and oxygen atoms in total. The molecule has 4 aliphatic carbocycles. The predicted molar refractivity (Wildman–Crippen MR) is 119 cm³/mol. The fourth-order valence-corrected chi connectivity index (χ4v) is 7.80. The molecule has 0 radical (unpaired) electrons. The van der Waals surface area contributed by atoms with Crippen molar-refractivity contribution in [1.29, 1.82) is 0 Å². The second-order valence-electron chi connectivity index (χ2n) is 12.2. The van der Waals surface area contributed by atoms with E-state index in [0.29, 0.717) is 0 Å². The minimum Gasteiger partial charge on any atom is -0.298 e. The third kappa shape index (κ3) is 2.28. The van der Waals surface area contributed by atoms with E-state index in [1.54, 1.807) is 18.2 Å². The molecule has 0 saturated heterocycles. The van der Waals surface area contributed by atoms with Crippen LogP contribution in [-0.2, 0) is 9.59 Å². The number of carbonyl (C=O) groups is 4. The Kier molecular flexibility index (Phi) is 4.22. The molecular formula is C27H33NO4. The Bertz CT molecular complexity index is 1000. The van der Waals surface area contributed by atoms with Crippen molar-refractivity contribution >= 4 is 23.1 Å². The molecule has 6 atom stereocenters. The van der Waals surface area contributed by atoms with Gasteiger partial charge in [-0.1, -0.05) is 47.6 Å². The maximum atomic E-state index is 13.5. The number of ketones is 4. The average Bonchev–Trinajstić information content (AvgIpc) is 3.23. The minimum atomic E-state index is -0.691. The molecule has 4 bridgehead atoms. The van der Waals surface area contributed by atoms with E-state index in [2.05, 4.69) is 32.7 Å². The highest BCUT2D eigenvalue weighted by molar-refractivity contribution is 6.16. The monoisotopic (exact) mass is 435 g/mol. The van der Waals surface area contributed by atoms with E-state index >= 15 is 0 Å². The van der Waals surface area contributed by atoms with Gasteiger partial charge >= 0.3 is 0 Å². The van der Waals surface area contributed by atoms with Gasteiger partial charge in [-0.05, 0) is 60.5 Å². The summed E-state index contributed by atoms with van der Waals surface area (Å²) in [5.41, 5.74) is -1.09. The van der Waals surface area contributed by atoms with Crippen LogP contribution in [0.15, 0.2) is 18.2 Å². The van der Waals surface area contributed by atoms with Gasteiger partial charge in [0.25, 0.3) is 0 Å². The van der Waals surface area contributed by atoms with E-state index in [1.165, 1.54) is 0 Å². The van der Waals surface area contributed by atoms with E-state index < -0.39 is 22.7 Å². The summed E-state index contributed by atoms with van der Waals surface area (Å²) in [6.07, 6.45) is 3.35. The Morgan fingerprint density at radius 2 is 1.12 bits per heavy atom. The molecule has 0 aliphatic heterocycles. The lowest BCUT2D eigenvalue weighted by atomic mass is 9.70. The Labute approximate surface area is 189 Å². The molecule has 32 heavy (non-hydrogen) atoms. The fraction of sp³-hybridized carbons (Fsp3) is 0.667. The van der Waals surface area contributed by atoms with Crippen LogP contribution in [0.5, 0.6) is 0 Å². The van der Waals surface area contributed by atoms with E-state index in [9.17, 15) is 19.2 Å². The Hall–Kier alpha value is -2.17. The molecule has 5 heteroatoms. The molecular weight excluding hydrogens is 402 g/mol. The van der Waals surface area contributed by atoms with Crippen LogP contribution in [0.2, 0.25) is 0 Å². The van der Waals surface area contributed by atoms with Crippen molar-refractivity contribution in [3.63, 3.8) is 0 Å². The molecule has 170 valence electrons. The lowest BCUT2D eigenvalue weighted by Crippen LogP contribution is -2.36. The van der Waals surface area contributed by atoms with Crippen molar-refractivity contribution in [2.24, 2.45) is 45.3 Å². The number of aromatic nitrogens is 1. The molecule has 4 fully saturated rings.